The van der Waals surface area contributed by atoms with Gasteiger partial charge in [-0.2, -0.15) is 4.72 Å². The molecular formula is C13H15NO4S. The van der Waals surface area contributed by atoms with Crippen LogP contribution in [0.1, 0.15) is 5.56 Å². The normalized spacial score (nSPS) is 23.1. The third-order valence-corrected chi connectivity index (χ3v) is 4.47. The summed E-state index contributed by atoms with van der Waals surface area (Å²) in [5, 5.41) is 0. The molecule has 0 amide bonds. The Balaban J connectivity index is 2.24. The first-order valence-electron chi connectivity index (χ1n) is 5.82. The molecule has 1 heterocycles. The maximum atomic E-state index is 12.2. The largest absolute Gasteiger partial charge is 0.464 e. The van der Waals surface area contributed by atoms with E-state index in [-0.39, 0.29) is 17.4 Å². The van der Waals surface area contributed by atoms with E-state index in [2.05, 4.69) is 11.3 Å². The lowest BCUT2D eigenvalue weighted by Crippen LogP contribution is -2.41. The number of carbonyl (C=O) groups excluding carboxylic acids is 1. The van der Waals surface area contributed by atoms with Gasteiger partial charge < -0.3 is 4.74 Å². The van der Waals surface area contributed by atoms with Gasteiger partial charge in [0.2, 0.25) is 10.0 Å². The highest BCUT2D eigenvalue weighted by Crippen LogP contribution is 2.19. The van der Waals surface area contributed by atoms with Gasteiger partial charge >= 0.3 is 5.97 Å². The Hall–Kier alpha value is -1.66. The average Bonchev–Trinajstić information content (AvgIpc) is 2.70. The Kier molecular flexibility index (Phi) is 3.73. The molecule has 6 heteroatoms. The van der Waals surface area contributed by atoms with Crippen molar-refractivity contribution in [3.63, 3.8) is 0 Å². The molecule has 102 valence electrons. The van der Waals surface area contributed by atoms with Gasteiger partial charge in [0.1, 0.15) is 6.04 Å². The van der Waals surface area contributed by atoms with Gasteiger partial charge in [-0.3, -0.25) is 4.79 Å². The predicted octanol–water partition coefficient (Wildman–Crippen LogP) is 1.00. The molecule has 5 nitrogen and oxygen atoms in total. The summed E-state index contributed by atoms with van der Waals surface area (Å²) in [5.41, 5.74) is 0.961. The van der Waals surface area contributed by atoms with E-state index < -0.39 is 22.0 Å². The predicted molar refractivity (Wildman–Crippen MR) is 69.9 cm³/mol. The summed E-state index contributed by atoms with van der Waals surface area (Å²) in [6.07, 6.45) is 1.52. The number of esters is 1. The standard InChI is InChI=1S/C13H15NO4S/c1-3-10-8-18-13(15)12(10)14-19(16,17)11-6-4-9(2)5-7-11/h3-7,10,12,14H,1,8H2,2H3. The first-order valence-corrected chi connectivity index (χ1v) is 7.30. The summed E-state index contributed by atoms with van der Waals surface area (Å²) >= 11 is 0. The minimum Gasteiger partial charge on any atom is -0.464 e. The molecule has 0 radical (unpaired) electrons. The van der Waals surface area contributed by atoms with E-state index in [9.17, 15) is 13.2 Å². The zero-order chi connectivity index (χ0) is 14.0. The molecule has 1 aromatic rings. The zero-order valence-electron chi connectivity index (χ0n) is 10.5. The number of nitrogens with one attached hydrogen (secondary N) is 1. The van der Waals surface area contributed by atoms with Gasteiger partial charge in [-0.1, -0.05) is 23.8 Å². The molecule has 0 bridgehead atoms. The van der Waals surface area contributed by atoms with E-state index in [1.54, 1.807) is 12.1 Å². The third kappa shape index (κ3) is 2.85. The monoisotopic (exact) mass is 281 g/mol. The zero-order valence-corrected chi connectivity index (χ0v) is 11.3. The van der Waals surface area contributed by atoms with Gasteiger partial charge in [-0.25, -0.2) is 8.42 Å². The molecule has 0 aliphatic carbocycles. The number of sulfonamides is 1. The minimum atomic E-state index is -3.73. The maximum Gasteiger partial charge on any atom is 0.324 e. The molecule has 1 fully saturated rings. The highest BCUT2D eigenvalue weighted by atomic mass is 32.2. The molecule has 2 unspecified atom stereocenters. The molecule has 0 spiro atoms. The second kappa shape index (κ2) is 5.14. The number of ether oxygens (including phenoxy) is 1. The summed E-state index contributed by atoms with van der Waals surface area (Å²) in [7, 11) is -3.73. The molecule has 0 saturated carbocycles. The topological polar surface area (TPSA) is 72.5 Å². The van der Waals surface area contributed by atoms with Crippen molar-refractivity contribution in [1.29, 1.82) is 0 Å². The molecule has 1 aliphatic heterocycles. The second-order valence-corrected chi connectivity index (χ2v) is 6.16. The lowest BCUT2D eigenvalue weighted by molar-refractivity contribution is -0.139. The van der Waals surface area contributed by atoms with Crippen LogP contribution in [-0.2, 0) is 19.6 Å². The van der Waals surface area contributed by atoms with Crippen LogP contribution in [0.15, 0.2) is 41.8 Å². The number of rotatable bonds is 4. The van der Waals surface area contributed by atoms with Crippen LogP contribution in [0.2, 0.25) is 0 Å². The highest BCUT2D eigenvalue weighted by molar-refractivity contribution is 7.89. The van der Waals surface area contributed by atoms with Crippen molar-refractivity contribution in [3.8, 4) is 0 Å². The van der Waals surface area contributed by atoms with E-state index in [1.807, 2.05) is 6.92 Å². The fourth-order valence-corrected chi connectivity index (χ4v) is 3.07. The molecule has 0 aromatic heterocycles. The first kappa shape index (κ1) is 13.8. The van der Waals surface area contributed by atoms with Gasteiger partial charge in [-0.05, 0) is 19.1 Å². The number of cyclic esters (lactones) is 1. The molecule has 2 atom stereocenters. The Morgan fingerprint density at radius 1 is 1.37 bits per heavy atom. The van der Waals surface area contributed by atoms with Crippen molar-refractivity contribution >= 4 is 16.0 Å². The van der Waals surface area contributed by atoms with Crippen LogP contribution in [0, 0.1) is 12.8 Å². The number of hydrogen-bond donors (Lipinski definition) is 1. The summed E-state index contributed by atoms with van der Waals surface area (Å²) in [6, 6.07) is 5.50. The molecule has 19 heavy (non-hydrogen) atoms. The smallest absolute Gasteiger partial charge is 0.324 e. The highest BCUT2D eigenvalue weighted by Gasteiger charge is 2.38. The van der Waals surface area contributed by atoms with Gasteiger partial charge in [-0.15, -0.1) is 6.58 Å². The number of carbonyl (C=O) groups is 1. The van der Waals surface area contributed by atoms with Gasteiger partial charge in [0.15, 0.2) is 0 Å². The van der Waals surface area contributed by atoms with Crippen molar-refractivity contribution in [2.24, 2.45) is 5.92 Å². The Morgan fingerprint density at radius 2 is 2.00 bits per heavy atom. The van der Waals surface area contributed by atoms with Crippen LogP contribution in [0.4, 0.5) is 0 Å². The maximum absolute atomic E-state index is 12.2. The SMILES string of the molecule is C=CC1COC(=O)C1NS(=O)(=O)c1ccc(C)cc1. The van der Waals surface area contributed by atoms with E-state index in [0.717, 1.165) is 5.56 Å². The van der Waals surface area contributed by atoms with Crippen molar-refractivity contribution < 1.29 is 17.9 Å². The van der Waals surface area contributed by atoms with Crippen LogP contribution < -0.4 is 4.72 Å². The number of benzene rings is 1. The molecule has 1 aromatic carbocycles. The fraction of sp³-hybridized carbons (Fsp3) is 0.308. The van der Waals surface area contributed by atoms with Crippen molar-refractivity contribution in [3.05, 3.63) is 42.5 Å². The van der Waals surface area contributed by atoms with Crippen molar-refractivity contribution in [1.82, 2.24) is 4.72 Å². The molecule has 1 saturated heterocycles. The molecule has 1 N–H and O–H groups in total. The Labute approximate surface area is 112 Å². The molecule has 2 rings (SSSR count). The van der Waals surface area contributed by atoms with Crippen molar-refractivity contribution in [2.75, 3.05) is 6.61 Å². The van der Waals surface area contributed by atoms with Crippen LogP contribution in [0.5, 0.6) is 0 Å². The summed E-state index contributed by atoms with van der Waals surface area (Å²) in [4.78, 5) is 11.6. The third-order valence-electron chi connectivity index (χ3n) is 3.02. The fourth-order valence-electron chi connectivity index (χ4n) is 1.83. The average molecular weight is 281 g/mol. The number of aryl methyl sites for hydroxylation is 1. The van der Waals surface area contributed by atoms with Crippen LogP contribution in [-0.4, -0.2) is 27.0 Å². The van der Waals surface area contributed by atoms with Crippen LogP contribution in [0.25, 0.3) is 0 Å². The first-order chi connectivity index (χ1) is 8.94. The summed E-state index contributed by atoms with van der Waals surface area (Å²) in [5.74, 6) is -0.909. The van der Waals surface area contributed by atoms with E-state index in [4.69, 9.17) is 4.74 Å². The van der Waals surface area contributed by atoms with E-state index in [0.29, 0.717) is 0 Å². The van der Waals surface area contributed by atoms with Crippen LogP contribution >= 0.6 is 0 Å². The Morgan fingerprint density at radius 3 is 2.58 bits per heavy atom. The lowest BCUT2D eigenvalue weighted by atomic mass is 10.1. The summed E-state index contributed by atoms with van der Waals surface area (Å²) < 4.78 is 31.5. The minimum absolute atomic E-state index is 0.126. The van der Waals surface area contributed by atoms with Gasteiger partial charge in [0.05, 0.1) is 11.5 Å². The summed E-state index contributed by atoms with van der Waals surface area (Å²) in [6.45, 7) is 5.60. The van der Waals surface area contributed by atoms with Crippen molar-refractivity contribution in [2.45, 2.75) is 17.9 Å². The molecule has 1 aliphatic rings. The number of hydrogen-bond acceptors (Lipinski definition) is 4. The molecular weight excluding hydrogens is 266 g/mol. The van der Waals surface area contributed by atoms with Gasteiger partial charge in [0, 0.05) is 5.92 Å². The quantitative estimate of drug-likeness (QED) is 0.660. The van der Waals surface area contributed by atoms with Crippen LogP contribution in [0.3, 0.4) is 0 Å². The lowest BCUT2D eigenvalue weighted by Gasteiger charge is -2.14. The second-order valence-electron chi connectivity index (χ2n) is 4.44. The van der Waals surface area contributed by atoms with E-state index >= 15 is 0 Å². The van der Waals surface area contributed by atoms with E-state index in [1.165, 1.54) is 18.2 Å². The Bertz CT molecular complexity index is 592. The van der Waals surface area contributed by atoms with Gasteiger partial charge in [0.25, 0.3) is 0 Å².